The smallest absolute Gasteiger partial charge is 0.321 e. The first-order chi connectivity index (χ1) is 9.68. The predicted octanol–water partition coefficient (Wildman–Crippen LogP) is 2.43. The van der Waals surface area contributed by atoms with Crippen LogP contribution < -0.4 is 4.74 Å². The molecule has 2 atom stereocenters. The first kappa shape index (κ1) is 14.1. The Morgan fingerprint density at radius 2 is 1.85 bits per heavy atom. The van der Waals surface area contributed by atoms with Gasteiger partial charge in [-0.05, 0) is 18.6 Å². The molecule has 0 fully saturated rings. The van der Waals surface area contributed by atoms with Crippen LogP contribution in [0.4, 0.5) is 0 Å². The van der Waals surface area contributed by atoms with Crippen LogP contribution in [-0.4, -0.2) is 16.9 Å². The van der Waals surface area contributed by atoms with Crippen LogP contribution in [0.15, 0.2) is 30.3 Å². The molecule has 0 amide bonds. The van der Waals surface area contributed by atoms with Crippen LogP contribution in [0, 0.1) is 27.9 Å². The molecule has 2 rings (SSSR count). The molecule has 1 aliphatic rings. The number of esters is 1. The van der Waals surface area contributed by atoms with Crippen molar-refractivity contribution in [3.8, 4) is 17.6 Å². The summed E-state index contributed by atoms with van der Waals surface area (Å²) in [5.41, 5.74) is 0. The molecule has 0 saturated carbocycles. The third kappa shape index (κ3) is 3.58. The highest BCUT2D eigenvalue weighted by Gasteiger charge is 2.38. The molecule has 0 aromatic heterocycles. The van der Waals surface area contributed by atoms with Gasteiger partial charge in [-0.25, -0.2) is 0 Å². The summed E-state index contributed by atoms with van der Waals surface area (Å²) in [5.74, 6) is 4.92. The number of hydrogen-bond acceptors (Lipinski definition) is 4. The van der Waals surface area contributed by atoms with Crippen LogP contribution in [0.3, 0.4) is 0 Å². The van der Waals surface area contributed by atoms with Crippen molar-refractivity contribution in [2.24, 2.45) is 5.92 Å². The van der Waals surface area contributed by atoms with Crippen LogP contribution in [0.25, 0.3) is 0 Å². The zero-order valence-electron chi connectivity index (χ0n) is 11.0. The van der Waals surface area contributed by atoms with Crippen LogP contribution >= 0.6 is 0 Å². The van der Waals surface area contributed by atoms with Gasteiger partial charge >= 0.3 is 5.97 Å². The number of carbonyl (C=O) groups is 1. The van der Waals surface area contributed by atoms with Crippen molar-refractivity contribution in [1.29, 1.82) is 0 Å². The van der Waals surface area contributed by atoms with Crippen LogP contribution in [-0.2, 0) is 4.79 Å². The number of benzene rings is 1. The van der Waals surface area contributed by atoms with Crippen LogP contribution in [0.5, 0.6) is 5.75 Å². The summed E-state index contributed by atoms with van der Waals surface area (Å²) in [5, 5.41) is 11.1. The van der Waals surface area contributed by atoms with Crippen LogP contribution in [0.2, 0.25) is 0 Å². The number of nitro groups is 1. The highest BCUT2D eigenvalue weighted by molar-refractivity contribution is 5.75. The molecule has 2 unspecified atom stereocenters. The van der Waals surface area contributed by atoms with Gasteiger partial charge < -0.3 is 4.74 Å². The Morgan fingerprint density at radius 1 is 1.20 bits per heavy atom. The zero-order valence-corrected chi connectivity index (χ0v) is 11.0. The average Bonchev–Trinajstić information content (AvgIpc) is 2.39. The van der Waals surface area contributed by atoms with E-state index in [1.807, 2.05) is 6.07 Å². The summed E-state index contributed by atoms with van der Waals surface area (Å²) in [6, 6.07) is 7.70. The van der Waals surface area contributed by atoms with Gasteiger partial charge in [0.2, 0.25) is 6.04 Å². The second-order valence-corrected chi connectivity index (χ2v) is 4.62. The number of carbonyl (C=O) groups excluding carboxylic acids is 1. The third-order valence-electron chi connectivity index (χ3n) is 3.27. The van der Waals surface area contributed by atoms with E-state index >= 15 is 0 Å². The van der Waals surface area contributed by atoms with E-state index in [4.69, 9.17) is 4.74 Å². The summed E-state index contributed by atoms with van der Waals surface area (Å²) < 4.78 is 5.24. The summed E-state index contributed by atoms with van der Waals surface area (Å²) in [6.07, 6.45) is 1.58. The lowest BCUT2D eigenvalue weighted by Gasteiger charge is -2.19. The molecule has 5 nitrogen and oxygen atoms in total. The fourth-order valence-electron chi connectivity index (χ4n) is 2.23. The summed E-state index contributed by atoms with van der Waals surface area (Å²) in [4.78, 5) is 22.9. The van der Waals surface area contributed by atoms with Crippen molar-refractivity contribution >= 4 is 5.97 Å². The Balaban J connectivity index is 2.12. The Morgan fingerprint density at radius 3 is 2.50 bits per heavy atom. The van der Waals surface area contributed by atoms with Crippen molar-refractivity contribution in [2.75, 3.05) is 0 Å². The molecule has 0 radical (unpaired) electrons. The fraction of sp³-hybridized carbons (Fsp3) is 0.400. The quantitative estimate of drug-likeness (QED) is 0.279. The molecule has 0 aliphatic heterocycles. The molecule has 1 aromatic rings. The van der Waals surface area contributed by atoms with E-state index in [0.29, 0.717) is 25.0 Å². The third-order valence-corrected chi connectivity index (χ3v) is 3.27. The van der Waals surface area contributed by atoms with Gasteiger partial charge in [-0.3, -0.25) is 14.9 Å². The van der Waals surface area contributed by atoms with E-state index < -0.39 is 17.9 Å². The van der Waals surface area contributed by atoms with Gasteiger partial charge in [-0.1, -0.05) is 18.2 Å². The van der Waals surface area contributed by atoms with E-state index in [9.17, 15) is 14.9 Å². The molecular weight excluding hydrogens is 258 g/mol. The molecule has 1 aliphatic carbocycles. The van der Waals surface area contributed by atoms with Gasteiger partial charge in [0.1, 0.15) is 11.7 Å². The monoisotopic (exact) mass is 273 g/mol. The minimum absolute atomic E-state index is 0.286. The lowest BCUT2D eigenvalue weighted by molar-refractivity contribution is -0.530. The Kier molecular flexibility index (Phi) is 4.72. The number of hydrogen-bond donors (Lipinski definition) is 0. The van der Waals surface area contributed by atoms with Gasteiger partial charge in [0.05, 0.1) is 0 Å². The van der Waals surface area contributed by atoms with Gasteiger partial charge in [-0.2, -0.15) is 0 Å². The van der Waals surface area contributed by atoms with Crippen molar-refractivity contribution in [2.45, 2.75) is 31.7 Å². The maximum absolute atomic E-state index is 12.2. The van der Waals surface area contributed by atoms with Crippen LogP contribution in [0.1, 0.15) is 25.7 Å². The Labute approximate surface area is 117 Å². The number of para-hydroxylation sites is 1. The molecule has 0 saturated heterocycles. The molecule has 0 N–H and O–H groups in total. The van der Waals surface area contributed by atoms with Crippen molar-refractivity contribution in [1.82, 2.24) is 0 Å². The highest BCUT2D eigenvalue weighted by atomic mass is 16.6. The average molecular weight is 273 g/mol. The topological polar surface area (TPSA) is 69.4 Å². The zero-order chi connectivity index (χ0) is 14.4. The maximum Gasteiger partial charge on any atom is 0.321 e. The van der Waals surface area contributed by atoms with Gasteiger partial charge in [0.15, 0.2) is 0 Å². The predicted molar refractivity (Wildman–Crippen MR) is 72.6 cm³/mol. The lowest BCUT2D eigenvalue weighted by Crippen LogP contribution is -2.37. The maximum atomic E-state index is 12.2. The van der Waals surface area contributed by atoms with Crippen molar-refractivity contribution in [3.63, 3.8) is 0 Å². The van der Waals surface area contributed by atoms with Crippen molar-refractivity contribution < 1.29 is 14.5 Å². The van der Waals surface area contributed by atoms with E-state index in [1.54, 1.807) is 24.3 Å². The minimum atomic E-state index is -0.916. The molecule has 0 bridgehead atoms. The lowest BCUT2D eigenvalue weighted by atomic mass is 9.90. The van der Waals surface area contributed by atoms with E-state index in [0.717, 1.165) is 0 Å². The van der Waals surface area contributed by atoms with Gasteiger partial charge in [0.25, 0.3) is 0 Å². The SMILES string of the molecule is O=C(Oc1ccccc1)C1CCC#CCCC1[N+](=O)[O-]. The summed E-state index contributed by atoms with van der Waals surface area (Å²) >= 11 is 0. The summed E-state index contributed by atoms with van der Waals surface area (Å²) in [7, 11) is 0. The summed E-state index contributed by atoms with van der Waals surface area (Å²) in [6.45, 7) is 0. The molecule has 1 aromatic carbocycles. The van der Waals surface area contributed by atoms with E-state index in [-0.39, 0.29) is 11.3 Å². The Hall–Kier alpha value is -2.35. The number of ether oxygens (including phenoxy) is 1. The van der Waals surface area contributed by atoms with Crippen molar-refractivity contribution in [3.05, 3.63) is 40.4 Å². The second-order valence-electron chi connectivity index (χ2n) is 4.62. The van der Waals surface area contributed by atoms with E-state index in [1.165, 1.54) is 0 Å². The Bertz CT molecular complexity index is 544. The van der Waals surface area contributed by atoms with Gasteiger partial charge in [0, 0.05) is 24.2 Å². The highest BCUT2D eigenvalue weighted by Crippen LogP contribution is 2.23. The molecule has 20 heavy (non-hydrogen) atoms. The second kappa shape index (κ2) is 6.71. The minimum Gasteiger partial charge on any atom is -0.426 e. The molecule has 0 heterocycles. The standard InChI is InChI=1S/C15H15NO4/c17-15(20-12-8-4-3-5-9-12)13-10-6-1-2-7-11-14(13)16(18)19/h3-5,8-9,13-14H,6-7,10-11H2. The van der Waals surface area contributed by atoms with Gasteiger partial charge in [-0.15, -0.1) is 11.8 Å². The first-order valence-electron chi connectivity index (χ1n) is 6.54. The number of rotatable bonds is 3. The number of nitrogens with zero attached hydrogens (tertiary/aromatic N) is 1. The molecular formula is C15H15NO4. The molecule has 104 valence electrons. The van der Waals surface area contributed by atoms with E-state index in [2.05, 4.69) is 11.8 Å². The fourth-order valence-corrected chi connectivity index (χ4v) is 2.23. The largest absolute Gasteiger partial charge is 0.426 e. The normalized spacial score (nSPS) is 21.8. The molecule has 5 heteroatoms. The molecule has 0 spiro atoms. The first-order valence-corrected chi connectivity index (χ1v) is 6.54.